The molecule has 0 rings (SSSR count). The van der Waals surface area contributed by atoms with Gasteiger partial charge in [0.2, 0.25) is 0 Å². The van der Waals surface area contributed by atoms with E-state index in [0.717, 1.165) is 0 Å². The molecule has 0 amide bonds. The summed E-state index contributed by atoms with van der Waals surface area (Å²) in [5, 5.41) is 394. The van der Waals surface area contributed by atoms with Crippen LogP contribution in [0.2, 0.25) is 0 Å². The lowest BCUT2D eigenvalue weighted by molar-refractivity contribution is -0.913. The van der Waals surface area contributed by atoms with Crippen molar-refractivity contribution in [3.8, 4) is 0 Å². The first-order chi connectivity index (χ1) is 55.4. The molecular formula is H2O111. The van der Waals surface area contributed by atoms with E-state index in [9.17, 15) is 0 Å². The molecule has 668 valence electrons. The largest absolute Gasteiger partial charge is 0.219 e. The zero-order chi connectivity index (χ0) is 79.1. The minimum Gasteiger partial charge on any atom is -0.219 e. The molecule has 0 heterocycles. The van der Waals surface area contributed by atoms with Gasteiger partial charge >= 0.3 is 0 Å². The van der Waals surface area contributed by atoms with Crippen molar-refractivity contribution in [2.75, 3.05) is 0 Å². The van der Waals surface area contributed by atoms with E-state index >= 15 is 0 Å². The van der Waals surface area contributed by atoms with E-state index in [2.05, 4.69) is 549 Å². The molecule has 0 aromatic carbocycles. The molecule has 0 aliphatic rings. The van der Waals surface area contributed by atoms with Crippen LogP contribution in [0.1, 0.15) is 0 Å². The Morgan fingerprint density at radius 3 is 0.0991 bits per heavy atom. The van der Waals surface area contributed by atoms with Crippen LogP contribution in [0.3, 0.4) is 0 Å². The Morgan fingerprint density at radius 1 is 0.0450 bits per heavy atom. The minimum atomic E-state index is 2.87. The smallest absolute Gasteiger partial charge is 0 e. The van der Waals surface area contributed by atoms with E-state index in [1.807, 2.05) is 0 Å². The summed E-state index contributed by atoms with van der Waals surface area (Å²) in [4.78, 5) is 0. The van der Waals surface area contributed by atoms with Gasteiger partial charge in [-0.2, -0.15) is 0 Å². The van der Waals surface area contributed by atoms with Gasteiger partial charge in [-0.1, -0.05) is 0 Å². The van der Waals surface area contributed by atoms with Crippen LogP contribution < -0.4 is 0 Å². The van der Waals surface area contributed by atoms with Gasteiger partial charge in [-0.3, -0.25) is 0 Å². The zero-order valence-electron chi connectivity index (χ0n) is 45.4. The monoisotopic (exact) mass is 1780 g/mol. The van der Waals surface area contributed by atoms with Crippen LogP contribution in [-0.2, 0) is 549 Å². The van der Waals surface area contributed by atoms with E-state index < -0.39 is 0 Å². The molecule has 2 N–H and O–H groups in total. The molecule has 111 heavy (non-hydrogen) atoms. The average Bonchev–Trinajstić information content (AvgIpc) is 3.81. The molecule has 111 heteroatoms. The van der Waals surface area contributed by atoms with Crippen LogP contribution in [0.4, 0.5) is 0 Å². The van der Waals surface area contributed by atoms with Crippen molar-refractivity contribution in [2.24, 2.45) is 0 Å². The summed E-state index contributed by atoms with van der Waals surface area (Å²) in [6, 6.07) is 0. The van der Waals surface area contributed by atoms with Gasteiger partial charge < -0.3 is 0 Å². The highest BCUT2D eigenvalue weighted by atomic mass is 18.1. The summed E-state index contributed by atoms with van der Waals surface area (Å²) in [6.07, 6.45) is 0. The van der Waals surface area contributed by atoms with E-state index in [4.69, 9.17) is 10.5 Å². The second-order valence-corrected chi connectivity index (χ2v) is 7.43. The Hall–Kier alpha value is -4.44. The van der Waals surface area contributed by atoms with Crippen molar-refractivity contribution in [3.05, 3.63) is 0 Å². The molecule has 0 radical (unpaired) electrons. The van der Waals surface area contributed by atoms with Gasteiger partial charge in [0.25, 0.3) is 0 Å². The van der Waals surface area contributed by atoms with E-state index in [-0.39, 0.29) is 0 Å². The average molecular weight is 1780 g/mol. The molecule has 0 saturated heterocycles. The van der Waals surface area contributed by atoms with Crippen molar-refractivity contribution < 1.29 is 560 Å². The quantitative estimate of drug-likeness (QED) is 0.0324. The molecule has 0 aromatic rings. The van der Waals surface area contributed by atoms with Gasteiger partial charge in [-0.25, -0.2) is 10.5 Å². The summed E-state index contributed by atoms with van der Waals surface area (Å²) in [5.41, 5.74) is 0. The van der Waals surface area contributed by atoms with Crippen molar-refractivity contribution in [1.82, 2.24) is 0 Å². The second kappa shape index (κ2) is 106. The molecule has 111 nitrogen and oxygen atoms in total. The van der Waals surface area contributed by atoms with Crippen molar-refractivity contribution >= 4 is 0 Å². The zero-order valence-corrected chi connectivity index (χ0v) is 45.4. The Bertz CT molecular complexity index is 1340. The Balaban J connectivity index is 3.10. The molecule has 0 spiro atoms. The number of hydrogen-bond donors (Lipinski definition) is 2. The third kappa shape index (κ3) is 106. The van der Waals surface area contributed by atoms with Crippen molar-refractivity contribution in [2.45, 2.75) is 0 Å². The van der Waals surface area contributed by atoms with E-state index in [0.29, 0.717) is 0 Å². The van der Waals surface area contributed by atoms with Gasteiger partial charge in [-0.15, -0.1) is 0 Å². The fourth-order valence-corrected chi connectivity index (χ4v) is 1.22. The summed E-state index contributed by atoms with van der Waals surface area (Å²) in [6.45, 7) is 0. The van der Waals surface area contributed by atoms with Crippen LogP contribution >= 0.6 is 0 Å². The highest BCUT2D eigenvalue weighted by Gasteiger charge is 2.10. The molecule has 0 aliphatic carbocycles. The summed E-state index contributed by atoms with van der Waals surface area (Å²) < 4.78 is 0. The van der Waals surface area contributed by atoms with Crippen LogP contribution in [-0.4, -0.2) is 10.5 Å². The van der Waals surface area contributed by atoms with E-state index in [1.165, 1.54) is 0 Å². The molecule has 0 atom stereocenters. The summed E-state index contributed by atoms with van der Waals surface area (Å²) >= 11 is 0. The summed E-state index contributed by atoms with van der Waals surface area (Å²) in [7, 11) is 0. The molecule has 0 fully saturated rings. The molecule has 0 aliphatic heterocycles. The topological polar surface area (TPSA) is 1050 Å². The summed E-state index contributed by atoms with van der Waals surface area (Å²) in [5.74, 6) is 0. The lowest BCUT2D eigenvalue weighted by atomic mass is 14.0. The minimum absolute atomic E-state index is 2.87. The Kier molecular flexibility index (Phi) is 101. The van der Waals surface area contributed by atoms with Crippen LogP contribution in [0.25, 0.3) is 0 Å². The first-order valence-electron chi connectivity index (χ1n) is 18.4. The van der Waals surface area contributed by atoms with Crippen LogP contribution in [0.5, 0.6) is 0 Å². The molecule has 0 bridgehead atoms. The standard InChI is InChI=1S/H2O111/c1-3-5-7-9-11-13-15-17-19-21-23-25-27-29-31-33-35-37-39-41-43-45-47-49-51-53-55-57-59-61-63-65-67-69-71-73-75-77-79-81-83-85-87-89-91-93-95-97-99-101-103-105-107-109-111-110-108-106-104-102-100-98-96-94-92-90-88-86-84-82-80-78-76-74-72-70-68-66-64-62-60-58-56-54-52-50-48-46-44-42-40-38-36-34-32-30-28-26-24-22-20-18-16-14-12-10-8-6-4-2/h1-2H. The van der Waals surface area contributed by atoms with Gasteiger partial charge in [0.05, 0.1) is 0 Å². The third-order valence-corrected chi connectivity index (χ3v) is 3.01. The first kappa shape index (κ1) is 107. The molecule has 0 saturated carbocycles. The predicted molar refractivity (Wildman–Crippen MR) is 124 cm³/mol. The highest BCUT2D eigenvalue weighted by molar-refractivity contribution is 3.19. The van der Waals surface area contributed by atoms with Gasteiger partial charge in [0.15, 0.2) is 0 Å². The maximum atomic E-state index is 7.59. The predicted octanol–water partition coefficient (Wildman–Crippen LogP) is -7.44. The van der Waals surface area contributed by atoms with Crippen molar-refractivity contribution in [1.29, 1.82) is 0 Å². The van der Waals surface area contributed by atoms with Crippen molar-refractivity contribution in [3.63, 3.8) is 0 Å². The van der Waals surface area contributed by atoms with Crippen LogP contribution in [0, 0.1) is 0 Å². The molecule has 0 unspecified atom stereocenters. The number of rotatable bonds is 108. The SMILES string of the molecule is OOOOOOOOOOOOOOOOOOOOOOOOOOOOOOOOOOOOOOOOOOOOOOOOOOOOOOOOOOOOOOOOOOOOOOOOOOOOOOOOOOOOOOOOOOOOOOOOOOOOOOOOOOOOOOO. The lowest BCUT2D eigenvalue weighted by Gasteiger charge is -2.00. The molecular weight excluding hydrogens is 1780 g/mol. The lowest BCUT2D eigenvalue weighted by Crippen LogP contribution is -2.07. The second-order valence-electron chi connectivity index (χ2n) is 7.43. The number of hydrogen-bond acceptors (Lipinski definition) is 111. The van der Waals surface area contributed by atoms with E-state index in [1.54, 1.807) is 0 Å². The highest BCUT2D eigenvalue weighted by Crippen LogP contribution is 2.03. The maximum absolute atomic E-state index is 7.59. The Morgan fingerprint density at radius 2 is 0.0721 bits per heavy atom. The fraction of sp³-hybridized carbons (Fsp3) is 0. The first-order valence-corrected chi connectivity index (χ1v) is 18.4. The Labute approximate surface area is 562 Å². The van der Waals surface area contributed by atoms with Gasteiger partial charge in [-0.05, 0) is 80.6 Å². The third-order valence-electron chi connectivity index (χ3n) is 3.01. The maximum Gasteiger partial charge on any atom is 0 e. The van der Waals surface area contributed by atoms with Gasteiger partial charge in [0.1, 0.15) is 0 Å². The van der Waals surface area contributed by atoms with Gasteiger partial charge in [0, 0.05) is 469 Å². The molecule has 0 aromatic heterocycles. The normalized spacial score (nSPS) is 11.8. The fourth-order valence-electron chi connectivity index (χ4n) is 1.22. The van der Waals surface area contributed by atoms with Crippen LogP contribution in [0.15, 0.2) is 0 Å².